The number of carbonyl (C=O) groups is 1. The molecule has 5 nitrogen and oxygen atoms in total. The van der Waals surface area contributed by atoms with E-state index in [2.05, 4.69) is 29.1 Å². The van der Waals surface area contributed by atoms with Gasteiger partial charge in [-0.05, 0) is 74.1 Å². The molecule has 0 saturated carbocycles. The molecule has 158 valence electrons. The molecule has 1 N–H and O–H groups in total. The highest BCUT2D eigenvalue weighted by atomic mass is 35.5. The standard InChI is InChI=1S/C24H22ClN3O2S/c1-3-28(4-2)19-10-8-18(9-11-19)26-24-27-23(29)22(31-24)15-20-12-13-21(30-20)16-6-5-7-17(25)14-16/h5-15H,3-4H2,1-2H3,(H,26,27,29)/b22-15+. The van der Waals surface area contributed by atoms with E-state index in [0.29, 0.717) is 26.6 Å². The molecule has 1 saturated heterocycles. The van der Waals surface area contributed by atoms with E-state index in [4.69, 9.17) is 16.0 Å². The van der Waals surface area contributed by atoms with Crippen LogP contribution in [0.15, 0.2) is 75.0 Å². The minimum absolute atomic E-state index is 0.191. The second-order valence-electron chi connectivity index (χ2n) is 6.88. The highest BCUT2D eigenvalue weighted by molar-refractivity contribution is 8.18. The van der Waals surface area contributed by atoms with Gasteiger partial charge in [0, 0.05) is 35.4 Å². The number of benzene rings is 2. The quantitative estimate of drug-likeness (QED) is 0.444. The van der Waals surface area contributed by atoms with Crippen LogP contribution in [0.4, 0.5) is 11.4 Å². The minimum Gasteiger partial charge on any atom is -0.457 e. The van der Waals surface area contributed by atoms with Gasteiger partial charge in [-0.15, -0.1) is 0 Å². The third-order valence-electron chi connectivity index (χ3n) is 4.87. The van der Waals surface area contributed by atoms with Crippen LogP contribution in [0.5, 0.6) is 0 Å². The van der Waals surface area contributed by atoms with Crippen molar-refractivity contribution in [2.75, 3.05) is 18.0 Å². The molecule has 0 spiro atoms. The first-order valence-corrected chi connectivity index (χ1v) is 11.3. The van der Waals surface area contributed by atoms with Crippen molar-refractivity contribution < 1.29 is 9.21 Å². The molecule has 0 aliphatic carbocycles. The molecule has 0 bridgehead atoms. The van der Waals surface area contributed by atoms with E-state index in [1.807, 2.05) is 60.7 Å². The van der Waals surface area contributed by atoms with E-state index in [1.54, 1.807) is 6.08 Å². The fraction of sp³-hybridized carbons (Fsp3) is 0.167. The van der Waals surface area contributed by atoms with Crippen LogP contribution >= 0.6 is 23.4 Å². The number of amides is 1. The number of hydrogen-bond donors (Lipinski definition) is 1. The van der Waals surface area contributed by atoms with Crippen LogP contribution in [-0.4, -0.2) is 24.2 Å². The van der Waals surface area contributed by atoms with E-state index in [-0.39, 0.29) is 5.91 Å². The van der Waals surface area contributed by atoms with Gasteiger partial charge in [-0.1, -0.05) is 23.7 Å². The number of nitrogens with one attached hydrogen (secondary N) is 1. The molecule has 1 aliphatic heterocycles. The number of nitrogens with zero attached hydrogens (tertiary/aromatic N) is 2. The summed E-state index contributed by atoms with van der Waals surface area (Å²) in [5, 5.41) is 4.01. The molecule has 7 heteroatoms. The first-order valence-electron chi connectivity index (χ1n) is 10.1. The van der Waals surface area contributed by atoms with Crippen LogP contribution in [0.3, 0.4) is 0 Å². The van der Waals surface area contributed by atoms with Crippen LogP contribution in [0.25, 0.3) is 17.4 Å². The highest BCUT2D eigenvalue weighted by Crippen LogP contribution is 2.31. The maximum Gasteiger partial charge on any atom is 0.264 e. The van der Waals surface area contributed by atoms with Crippen molar-refractivity contribution in [1.29, 1.82) is 0 Å². The average molecular weight is 452 g/mol. The second-order valence-corrected chi connectivity index (χ2v) is 8.35. The molecule has 1 aliphatic rings. The SMILES string of the molecule is CCN(CC)c1ccc(N=C2NC(=O)/C(=C\c3ccc(-c4cccc(Cl)c4)o3)S2)cc1. The number of halogens is 1. The first-order chi connectivity index (χ1) is 15.1. The highest BCUT2D eigenvalue weighted by Gasteiger charge is 2.24. The van der Waals surface area contributed by atoms with Gasteiger partial charge in [0.1, 0.15) is 11.5 Å². The maximum absolute atomic E-state index is 12.4. The fourth-order valence-electron chi connectivity index (χ4n) is 3.28. The van der Waals surface area contributed by atoms with Crippen LogP contribution in [0, 0.1) is 0 Å². The molecule has 2 aromatic carbocycles. The normalized spacial score (nSPS) is 16.2. The Morgan fingerprint density at radius 1 is 1.10 bits per heavy atom. The van der Waals surface area contributed by atoms with E-state index >= 15 is 0 Å². The van der Waals surface area contributed by atoms with Crippen molar-refractivity contribution in [3.05, 3.63) is 76.4 Å². The molecule has 0 radical (unpaired) electrons. The van der Waals surface area contributed by atoms with E-state index in [0.717, 1.165) is 30.0 Å². The number of anilines is 1. The molecular formula is C24H22ClN3O2S. The molecule has 2 heterocycles. The molecule has 1 fully saturated rings. The Balaban J connectivity index is 1.49. The van der Waals surface area contributed by atoms with Gasteiger partial charge in [-0.2, -0.15) is 0 Å². The topological polar surface area (TPSA) is 57.8 Å². The number of furan rings is 1. The van der Waals surface area contributed by atoms with Crippen molar-refractivity contribution in [2.45, 2.75) is 13.8 Å². The molecular weight excluding hydrogens is 430 g/mol. The predicted octanol–water partition coefficient (Wildman–Crippen LogP) is 6.34. The Morgan fingerprint density at radius 2 is 1.87 bits per heavy atom. The number of aliphatic imine (C=N–C) groups is 1. The van der Waals surface area contributed by atoms with Gasteiger partial charge in [-0.25, -0.2) is 4.99 Å². The predicted molar refractivity (Wildman–Crippen MR) is 130 cm³/mol. The monoisotopic (exact) mass is 451 g/mol. The Labute approximate surface area is 190 Å². The van der Waals surface area contributed by atoms with Gasteiger partial charge in [-0.3, -0.25) is 4.79 Å². The molecule has 0 unspecified atom stereocenters. The lowest BCUT2D eigenvalue weighted by atomic mass is 10.2. The molecule has 4 rings (SSSR count). The summed E-state index contributed by atoms with van der Waals surface area (Å²) < 4.78 is 5.87. The number of hydrogen-bond acceptors (Lipinski definition) is 5. The summed E-state index contributed by atoms with van der Waals surface area (Å²) in [4.78, 5) is 19.7. The lowest BCUT2D eigenvalue weighted by Gasteiger charge is -2.20. The van der Waals surface area contributed by atoms with Gasteiger partial charge in [0.2, 0.25) is 0 Å². The van der Waals surface area contributed by atoms with Crippen LogP contribution in [0.1, 0.15) is 19.6 Å². The van der Waals surface area contributed by atoms with Crippen LogP contribution < -0.4 is 10.2 Å². The summed E-state index contributed by atoms with van der Waals surface area (Å²) in [7, 11) is 0. The smallest absolute Gasteiger partial charge is 0.264 e. The Kier molecular flexibility index (Phi) is 6.49. The zero-order valence-electron chi connectivity index (χ0n) is 17.3. The Morgan fingerprint density at radius 3 is 2.58 bits per heavy atom. The number of carbonyl (C=O) groups excluding carboxylic acids is 1. The van der Waals surface area contributed by atoms with E-state index < -0.39 is 0 Å². The summed E-state index contributed by atoms with van der Waals surface area (Å²) in [5.41, 5.74) is 2.84. The van der Waals surface area contributed by atoms with Gasteiger partial charge in [0.05, 0.1) is 10.6 Å². The summed E-state index contributed by atoms with van der Waals surface area (Å²) in [5.74, 6) is 1.10. The number of thioether (sulfide) groups is 1. The van der Waals surface area contributed by atoms with Gasteiger partial charge < -0.3 is 14.6 Å². The average Bonchev–Trinajstić information content (AvgIpc) is 3.37. The molecule has 31 heavy (non-hydrogen) atoms. The van der Waals surface area contributed by atoms with E-state index in [1.165, 1.54) is 11.8 Å². The zero-order chi connectivity index (χ0) is 21.8. The van der Waals surface area contributed by atoms with Gasteiger partial charge in [0.25, 0.3) is 5.91 Å². The third-order valence-corrected chi connectivity index (χ3v) is 6.01. The number of amidine groups is 1. The second kappa shape index (κ2) is 9.45. The van der Waals surface area contributed by atoms with Gasteiger partial charge in [0.15, 0.2) is 5.17 Å². The van der Waals surface area contributed by atoms with E-state index in [9.17, 15) is 4.79 Å². The largest absolute Gasteiger partial charge is 0.457 e. The number of rotatable bonds is 6. The Hall–Kier alpha value is -2.96. The first kappa shape index (κ1) is 21.3. The fourth-order valence-corrected chi connectivity index (χ4v) is 4.29. The summed E-state index contributed by atoms with van der Waals surface area (Å²) >= 11 is 7.35. The lowest BCUT2D eigenvalue weighted by molar-refractivity contribution is -0.115. The van der Waals surface area contributed by atoms with Crippen LogP contribution in [0.2, 0.25) is 5.02 Å². The minimum atomic E-state index is -0.191. The van der Waals surface area contributed by atoms with Crippen molar-refractivity contribution in [1.82, 2.24) is 5.32 Å². The Bertz CT molecular complexity index is 1150. The van der Waals surface area contributed by atoms with Crippen molar-refractivity contribution in [3.63, 3.8) is 0 Å². The molecule has 1 aromatic heterocycles. The third kappa shape index (κ3) is 5.03. The summed E-state index contributed by atoms with van der Waals surface area (Å²) in [6.45, 7) is 6.17. The molecule has 3 aromatic rings. The molecule has 0 atom stereocenters. The van der Waals surface area contributed by atoms with Crippen molar-refractivity contribution in [2.24, 2.45) is 4.99 Å². The summed E-state index contributed by atoms with van der Waals surface area (Å²) in [6, 6.07) is 19.2. The van der Waals surface area contributed by atoms with Crippen molar-refractivity contribution >= 4 is 51.9 Å². The molecule has 1 amide bonds. The van der Waals surface area contributed by atoms with Gasteiger partial charge >= 0.3 is 0 Å². The van der Waals surface area contributed by atoms with Crippen molar-refractivity contribution in [3.8, 4) is 11.3 Å². The maximum atomic E-state index is 12.4. The van der Waals surface area contributed by atoms with Crippen LogP contribution in [-0.2, 0) is 4.79 Å². The summed E-state index contributed by atoms with van der Waals surface area (Å²) in [6.07, 6.45) is 1.72. The zero-order valence-corrected chi connectivity index (χ0v) is 18.8. The lowest BCUT2D eigenvalue weighted by Crippen LogP contribution is -2.21.